The highest BCUT2D eigenvalue weighted by molar-refractivity contribution is 9.08. The van der Waals surface area contributed by atoms with E-state index in [0.29, 0.717) is 23.3 Å². The highest BCUT2D eigenvalue weighted by atomic mass is 79.9. The van der Waals surface area contributed by atoms with E-state index in [1.807, 2.05) is 32.5 Å². The summed E-state index contributed by atoms with van der Waals surface area (Å²) >= 11 is 3.49. The fourth-order valence-corrected chi connectivity index (χ4v) is 4.15. The van der Waals surface area contributed by atoms with Crippen molar-refractivity contribution in [2.75, 3.05) is 0 Å². The first kappa shape index (κ1) is 20.8. The lowest BCUT2D eigenvalue weighted by atomic mass is 9.87. The summed E-state index contributed by atoms with van der Waals surface area (Å²) in [7, 11) is 1.90. The molecule has 0 radical (unpaired) electrons. The minimum atomic E-state index is -0.120. The number of halogens is 1. The SMILES string of the molecule is Cc1nc(-c2cnn(C)c2CBr)ncc1O[C@H]1CCC[C@H](C(=O)OC(C)C)C1. The van der Waals surface area contributed by atoms with Crippen molar-refractivity contribution in [1.29, 1.82) is 0 Å². The average Bonchev–Trinajstić information content (AvgIpc) is 3.03. The third-order valence-electron chi connectivity index (χ3n) is 4.97. The summed E-state index contributed by atoms with van der Waals surface area (Å²) in [5.41, 5.74) is 2.70. The molecule has 2 aromatic rings. The molecule has 1 saturated carbocycles. The van der Waals surface area contributed by atoms with Gasteiger partial charge in [-0.15, -0.1) is 0 Å². The van der Waals surface area contributed by atoms with Gasteiger partial charge in [0, 0.05) is 12.4 Å². The van der Waals surface area contributed by atoms with Crippen LogP contribution < -0.4 is 4.74 Å². The molecule has 0 amide bonds. The highest BCUT2D eigenvalue weighted by Crippen LogP contribution is 2.30. The number of hydrogen-bond donors (Lipinski definition) is 0. The van der Waals surface area contributed by atoms with Gasteiger partial charge in [-0.25, -0.2) is 9.97 Å². The monoisotopic (exact) mass is 450 g/mol. The maximum atomic E-state index is 12.2. The molecular formula is C20H27BrN4O3. The van der Waals surface area contributed by atoms with Crippen molar-refractivity contribution in [3.63, 3.8) is 0 Å². The molecule has 0 aliphatic heterocycles. The van der Waals surface area contributed by atoms with Crippen molar-refractivity contribution in [2.45, 2.75) is 64.0 Å². The number of alkyl halides is 1. The van der Waals surface area contributed by atoms with Crippen molar-refractivity contribution < 1.29 is 14.3 Å². The van der Waals surface area contributed by atoms with E-state index in [9.17, 15) is 4.79 Å². The topological polar surface area (TPSA) is 79.1 Å². The van der Waals surface area contributed by atoms with Crippen LogP contribution >= 0.6 is 15.9 Å². The molecule has 2 heterocycles. The van der Waals surface area contributed by atoms with E-state index in [1.54, 1.807) is 12.4 Å². The fraction of sp³-hybridized carbons (Fsp3) is 0.600. The molecule has 28 heavy (non-hydrogen) atoms. The van der Waals surface area contributed by atoms with E-state index < -0.39 is 0 Å². The van der Waals surface area contributed by atoms with Crippen LogP contribution in [0, 0.1) is 12.8 Å². The molecule has 0 unspecified atom stereocenters. The van der Waals surface area contributed by atoms with Gasteiger partial charge in [0.1, 0.15) is 0 Å². The molecule has 0 aromatic carbocycles. The largest absolute Gasteiger partial charge is 0.487 e. The van der Waals surface area contributed by atoms with Gasteiger partial charge in [0.15, 0.2) is 11.6 Å². The van der Waals surface area contributed by atoms with Crippen LogP contribution in [-0.4, -0.2) is 37.9 Å². The van der Waals surface area contributed by atoms with E-state index in [1.165, 1.54) is 0 Å². The number of nitrogens with zero attached hydrogens (tertiary/aromatic N) is 4. The number of rotatable bonds is 6. The van der Waals surface area contributed by atoms with E-state index >= 15 is 0 Å². The quantitative estimate of drug-likeness (QED) is 0.489. The van der Waals surface area contributed by atoms with E-state index in [2.05, 4.69) is 31.0 Å². The number of hydrogen-bond acceptors (Lipinski definition) is 6. The fourth-order valence-electron chi connectivity index (χ4n) is 3.48. The van der Waals surface area contributed by atoms with Gasteiger partial charge < -0.3 is 9.47 Å². The summed E-state index contributed by atoms with van der Waals surface area (Å²) in [6.45, 7) is 5.67. The van der Waals surface area contributed by atoms with Gasteiger partial charge in [-0.3, -0.25) is 9.48 Å². The molecule has 8 heteroatoms. The Labute approximate surface area is 174 Å². The number of carbonyl (C=O) groups excluding carboxylic acids is 1. The lowest BCUT2D eigenvalue weighted by Gasteiger charge is -2.29. The summed E-state index contributed by atoms with van der Waals surface area (Å²) in [4.78, 5) is 21.3. The van der Waals surface area contributed by atoms with Crippen LogP contribution in [0.15, 0.2) is 12.4 Å². The Morgan fingerprint density at radius 2 is 2.14 bits per heavy atom. The first-order chi connectivity index (χ1) is 13.4. The van der Waals surface area contributed by atoms with Crippen molar-refractivity contribution in [3.05, 3.63) is 23.8 Å². The lowest BCUT2D eigenvalue weighted by molar-refractivity contribution is -0.154. The minimum absolute atomic E-state index is 0.0249. The van der Waals surface area contributed by atoms with E-state index in [-0.39, 0.29) is 24.1 Å². The van der Waals surface area contributed by atoms with Crippen LogP contribution in [-0.2, 0) is 21.9 Å². The molecule has 2 atom stereocenters. The lowest BCUT2D eigenvalue weighted by Crippen LogP contribution is -2.32. The van der Waals surface area contributed by atoms with Crippen molar-refractivity contribution in [2.24, 2.45) is 13.0 Å². The molecule has 7 nitrogen and oxygen atoms in total. The van der Waals surface area contributed by atoms with Gasteiger partial charge in [-0.1, -0.05) is 15.9 Å². The predicted octanol–water partition coefficient (Wildman–Crippen LogP) is 3.97. The smallest absolute Gasteiger partial charge is 0.309 e. The first-order valence-corrected chi connectivity index (χ1v) is 10.8. The summed E-state index contributed by atoms with van der Waals surface area (Å²) in [6.07, 6.45) is 6.78. The number of aromatic nitrogens is 4. The molecule has 0 saturated heterocycles. The summed E-state index contributed by atoms with van der Waals surface area (Å²) in [5, 5.41) is 4.96. The zero-order chi connectivity index (χ0) is 20.3. The molecule has 1 aliphatic carbocycles. The van der Waals surface area contributed by atoms with Crippen LogP contribution in [0.3, 0.4) is 0 Å². The minimum Gasteiger partial charge on any atom is -0.487 e. The highest BCUT2D eigenvalue weighted by Gasteiger charge is 2.30. The van der Waals surface area contributed by atoms with Gasteiger partial charge in [-0.2, -0.15) is 5.10 Å². The zero-order valence-corrected chi connectivity index (χ0v) is 18.4. The second-order valence-corrected chi connectivity index (χ2v) is 8.06. The summed E-state index contributed by atoms with van der Waals surface area (Å²) in [6, 6.07) is 0. The number of ether oxygens (including phenoxy) is 2. The van der Waals surface area contributed by atoms with Gasteiger partial charge >= 0.3 is 5.97 Å². The van der Waals surface area contributed by atoms with Crippen LogP contribution in [0.2, 0.25) is 0 Å². The van der Waals surface area contributed by atoms with Crippen molar-refractivity contribution in [3.8, 4) is 17.1 Å². The van der Waals surface area contributed by atoms with E-state index in [0.717, 1.165) is 36.2 Å². The molecule has 0 N–H and O–H groups in total. The molecule has 0 bridgehead atoms. The van der Waals surface area contributed by atoms with Gasteiger partial charge in [-0.05, 0) is 46.5 Å². The maximum Gasteiger partial charge on any atom is 0.309 e. The Kier molecular flexibility index (Phi) is 6.69. The molecule has 0 spiro atoms. The molecule has 1 aliphatic rings. The Morgan fingerprint density at radius 1 is 1.36 bits per heavy atom. The van der Waals surface area contributed by atoms with Crippen LogP contribution in [0.4, 0.5) is 0 Å². The standard InChI is InChI=1S/C20H27BrN4O3/c1-12(2)27-20(26)14-6-5-7-15(8-14)28-18-11-22-19(24-13(18)3)16-10-23-25(4)17(16)9-21/h10-12,14-15H,5-9H2,1-4H3/t14-,15-/m0/s1. The Bertz CT molecular complexity index is 837. The van der Waals surface area contributed by atoms with E-state index in [4.69, 9.17) is 9.47 Å². The average molecular weight is 451 g/mol. The molecule has 152 valence electrons. The number of carbonyl (C=O) groups is 1. The van der Waals surface area contributed by atoms with Gasteiger partial charge in [0.05, 0.1) is 47.5 Å². The third kappa shape index (κ3) is 4.71. The van der Waals surface area contributed by atoms with Crippen molar-refractivity contribution in [1.82, 2.24) is 19.7 Å². The second kappa shape index (κ2) is 9.03. The first-order valence-electron chi connectivity index (χ1n) is 9.67. The summed E-state index contributed by atoms with van der Waals surface area (Å²) < 4.78 is 13.3. The number of esters is 1. The van der Waals surface area contributed by atoms with Gasteiger partial charge in [0.2, 0.25) is 0 Å². The predicted molar refractivity (Wildman–Crippen MR) is 109 cm³/mol. The third-order valence-corrected chi connectivity index (χ3v) is 5.50. The Balaban J connectivity index is 1.70. The van der Waals surface area contributed by atoms with Crippen LogP contribution in [0.1, 0.15) is 50.9 Å². The molecular weight excluding hydrogens is 424 g/mol. The Hall–Kier alpha value is -1.96. The van der Waals surface area contributed by atoms with Crippen molar-refractivity contribution >= 4 is 21.9 Å². The Morgan fingerprint density at radius 3 is 2.82 bits per heavy atom. The molecule has 3 rings (SSSR count). The summed E-state index contributed by atoms with van der Waals surface area (Å²) in [5.74, 6) is 1.08. The maximum absolute atomic E-state index is 12.2. The molecule has 2 aromatic heterocycles. The second-order valence-electron chi connectivity index (χ2n) is 7.49. The van der Waals surface area contributed by atoms with Gasteiger partial charge in [0.25, 0.3) is 0 Å². The van der Waals surface area contributed by atoms with Crippen LogP contribution in [0.5, 0.6) is 5.75 Å². The number of aryl methyl sites for hydroxylation is 2. The molecule has 1 fully saturated rings. The normalized spacial score (nSPS) is 19.6. The zero-order valence-electron chi connectivity index (χ0n) is 16.8. The van der Waals surface area contributed by atoms with Crippen LogP contribution in [0.25, 0.3) is 11.4 Å².